The highest BCUT2D eigenvalue weighted by Crippen LogP contribution is 2.30. The molecule has 4 N–H and O–H groups in total. The van der Waals surface area contributed by atoms with Crippen LogP contribution < -0.4 is 16.4 Å². The van der Waals surface area contributed by atoms with Crippen LogP contribution in [0.4, 0.5) is 14.6 Å². The Bertz CT molecular complexity index is 705. The van der Waals surface area contributed by atoms with Crippen LogP contribution in [-0.4, -0.2) is 40.6 Å². The first-order chi connectivity index (χ1) is 15.2. The number of carbonyl (C=O) groups is 2. The van der Waals surface area contributed by atoms with E-state index in [1.54, 1.807) is 13.1 Å². The molecule has 0 bridgehead atoms. The summed E-state index contributed by atoms with van der Waals surface area (Å²) in [6, 6.07) is 1.75. The summed E-state index contributed by atoms with van der Waals surface area (Å²) in [6.45, 7) is 5.17. The van der Waals surface area contributed by atoms with Crippen molar-refractivity contribution in [1.29, 1.82) is 5.26 Å². The van der Waals surface area contributed by atoms with Gasteiger partial charge in [-0.2, -0.15) is 10.4 Å². The Kier molecular flexibility index (Phi) is 14.9. The predicted octanol–water partition coefficient (Wildman–Crippen LogP) is 3.99. The Morgan fingerprint density at radius 1 is 1.19 bits per heavy atom. The van der Waals surface area contributed by atoms with E-state index in [4.69, 9.17) is 11.0 Å². The monoisotopic (exact) mass is 456 g/mol. The third kappa shape index (κ3) is 13.0. The third-order valence-electron chi connectivity index (χ3n) is 4.55. The van der Waals surface area contributed by atoms with Gasteiger partial charge in [0.15, 0.2) is 5.82 Å². The molecule has 2 saturated carbocycles. The number of alkyl halides is 2. The number of anilines is 1. The Labute approximate surface area is 189 Å². The molecular formula is C22H38F2N6O2. The van der Waals surface area contributed by atoms with Gasteiger partial charge in [-0.15, -0.1) is 0 Å². The van der Waals surface area contributed by atoms with Gasteiger partial charge in [-0.3, -0.25) is 14.3 Å². The molecule has 3 aliphatic rings. The molecule has 1 aromatic heterocycles. The lowest BCUT2D eigenvalue weighted by atomic mass is 10.0. The number of hydrogen-bond donors (Lipinski definition) is 3. The van der Waals surface area contributed by atoms with Crippen LogP contribution >= 0.6 is 0 Å². The van der Waals surface area contributed by atoms with Gasteiger partial charge in [0.05, 0.1) is 19.2 Å². The van der Waals surface area contributed by atoms with Crippen molar-refractivity contribution in [3.63, 3.8) is 0 Å². The number of nitrogens with zero attached hydrogens (tertiary/aromatic N) is 3. The van der Waals surface area contributed by atoms with E-state index in [2.05, 4.69) is 15.7 Å². The smallest absolute Gasteiger partial charge is 0.272 e. The number of amides is 2. The molecule has 10 heteroatoms. The van der Waals surface area contributed by atoms with E-state index in [-0.39, 0.29) is 36.3 Å². The van der Waals surface area contributed by atoms with Crippen LogP contribution in [0.1, 0.15) is 82.5 Å². The fourth-order valence-electron chi connectivity index (χ4n) is 2.70. The number of hydrogen-bond acceptors (Lipinski definition) is 5. The molecule has 2 amide bonds. The van der Waals surface area contributed by atoms with Crippen molar-refractivity contribution >= 4 is 17.6 Å². The molecule has 32 heavy (non-hydrogen) atoms. The molecule has 0 atom stereocenters. The Balaban J connectivity index is 0.000000467. The number of aryl methyl sites for hydroxylation is 1. The first kappa shape index (κ1) is 29.5. The molecule has 3 fully saturated rings. The molecule has 0 aromatic carbocycles. The largest absolute Gasteiger partial charge is 0.365 e. The standard InChI is InChI=1S/C9H12N4O2.C6H12.C3H5F2N.C2H3N.C2H6/c1-13-4-6(7(10)14)8(12-13)11-9(15)5-2-3-5;1-2-4-6-5-3-1;4-3(5)1-6-2-3;1-2-3;1-2/h4-5H,2-3H2,1H3,(H2,10,14)(H,11,12,15);1-6H2;6H,1-2H2;1H3;1-2H3. The maximum Gasteiger partial charge on any atom is 0.272 e. The second-order valence-electron chi connectivity index (χ2n) is 7.50. The average molecular weight is 457 g/mol. The number of nitrogens with one attached hydrogen (secondary N) is 2. The molecule has 1 aliphatic heterocycles. The summed E-state index contributed by atoms with van der Waals surface area (Å²) in [6.07, 6.45) is 12.3. The Morgan fingerprint density at radius 3 is 1.88 bits per heavy atom. The Morgan fingerprint density at radius 2 is 1.59 bits per heavy atom. The van der Waals surface area contributed by atoms with Gasteiger partial charge in [0.25, 0.3) is 11.8 Å². The minimum atomic E-state index is -2.39. The summed E-state index contributed by atoms with van der Waals surface area (Å²) < 4.78 is 24.4. The van der Waals surface area contributed by atoms with Crippen LogP contribution in [0.15, 0.2) is 6.20 Å². The molecule has 1 saturated heterocycles. The van der Waals surface area contributed by atoms with Crippen molar-refractivity contribution in [2.24, 2.45) is 18.7 Å². The van der Waals surface area contributed by atoms with Crippen LogP contribution in [-0.2, 0) is 11.8 Å². The van der Waals surface area contributed by atoms with Gasteiger partial charge in [-0.05, 0) is 12.8 Å². The van der Waals surface area contributed by atoms with E-state index >= 15 is 0 Å². The van der Waals surface area contributed by atoms with Crippen molar-refractivity contribution in [3.8, 4) is 6.07 Å². The third-order valence-corrected chi connectivity index (χ3v) is 4.55. The normalized spacial score (nSPS) is 17.4. The maximum atomic E-state index is 11.5. The lowest BCUT2D eigenvalue weighted by Gasteiger charge is -2.25. The molecule has 0 radical (unpaired) electrons. The summed E-state index contributed by atoms with van der Waals surface area (Å²) in [5.41, 5.74) is 5.39. The number of nitriles is 1. The molecule has 8 nitrogen and oxygen atoms in total. The second kappa shape index (κ2) is 16.1. The molecule has 2 aliphatic carbocycles. The van der Waals surface area contributed by atoms with Gasteiger partial charge in [-0.1, -0.05) is 52.4 Å². The molecule has 182 valence electrons. The number of carbonyl (C=O) groups excluding carboxylic acids is 2. The van der Waals surface area contributed by atoms with Gasteiger partial charge in [-0.25, -0.2) is 8.78 Å². The summed E-state index contributed by atoms with van der Waals surface area (Å²) in [5, 5.41) is 16.3. The second-order valence-corrected chi connectivity index (χ2v) is 7.50. The summed E-state index contributed by atoms with van der Waals surface area (Å²) in [5.74, 6) is -2.74. The highest BCUT2D eigenvalue weighted by molar-refractivity contribution is 6.02. The van der Waals surface area contributed by atoms with Gasteiger partial charge in [0.2, 0.25) is 5.91 Å². The fraction of sp³-hybridized carbons (Fsp3) is 0.727. The van der Waals surface area contributed by atoms with Gasteiger partial charge in [0, 0.05) is 26.1 Å². The van der Waals surface area contributed by atoms with Crippen molar-refractivity contribution in [1.82, 2.24) is 15.1 Å². The molecule has 4 rings (SSSR count). The van der Waals surface area contributed by atoms with E-state index in [9.17, 15) is 18.4 Å². The molecule has 1 aromatic rings. The first-order valence-electron chi connectivity index (χ1n) is 11.2. The first-order valence-corrected chi connectivity index (χ1v) is 11.2. The molecule has 2 heterocycles. The van der Waals surface area contributed by atoms with Crippen LogP contribution in [0.5, 0.6) is 0 Å². The highest BCUT2D eigenvalue weighted by atomic mass is 19.3. The van der Waals surface area contributed by atoms with Crippen molar-refractivity contribution < 1.29 is 18.4 Å². The average Bonchev–Trinajstić information content (AvgIpc) is 3.54. The van der Waals surface area contributed by atoms with E-state index in [1.165, 1.54) is 56.3 Å². The van der Waals surface area contributed by atoms with Crippen LogP contribution in [0, 0.1) is 17.2 Å². The number of rotatable bonds is 3. The Hall–Kier alpha value is -2.54. The SMILES string of the molecule is C1CCCCC1.CC.CC#N.Cn1cc(C(N)=O)c(NC(=O)C2CC2)n1.FC1(F)CNC1. The van der Waals surface area contributed by atoms with Crippen LogP contribution in [0.3, 0.4) is 0 Å². The summed E-state index contributed by atoms with van der Waals surface area (Å²) in [7, 11) is 1.67. The minimum Gasteiger partial charge on any atom is -0.365 e. The topological polar surface area (TPSA) is 126 Å². The lowest BCUT2D eigenvalue weighted by molar-refractivity contribution is -0.117. The quantitative estimate of drug-likeness (QED) is 0.634. The number of halogens is 2. The van der Waals surface area contributed by atoms with Crippen molar-refractivity contribution in [3.05, 3.63) is 11.8 Å². The predicted molar refractivity (Wildman–Crippen MR) is 121 cm³/mol. The van der Waals surface area contributed by atoms with E-state index in [0.29, 0.717) is 0 Å². The minimum absolute atomic E-state index is 0.0766. The lowest BCUT2D eigenvalue weighted by Crippen LogP contribution is -2.52. The number of nitrogens with two attached hydrogens (primary N) is 1. The van der Waals surface area contributed by atoms with E-state index < -0.39 is 11.8 Å². The van der Waals surface area contributed by atoms with Crippen LogP contribution in [0.25, 0.3) is 0 Å². The molecule has 0 unspecified atom stereocenters. The van der Waals surface area contributed by atoms with Crippen molar-refractivity contribution in [2.75, 3.05) is 18.4 Å². The number of aromatic nitrogens is 2. The maximum absolute atomic E-state index is 11.5. The van der Waals surface area contributed by atoms with Crippen molar-refractivity contribution in [2.45, 2.75) is 78.1 Å². The van der Waals surface area contributed by atoms with Gasteiger partial charge in [0.1, 0.15) is 5.56 Å². The zero-order valence-electron chi connectivity index (χ0n) is 19.7. The van der Waals surface area contributed by atoms with E-state index in [0.717, 1.165) is 12.8 Å². The van der Waals surface area contributed by atoms with Gasteiger partial charge >= 0.3 is 0 Å². The summed E-state index contributed by atoms with van der Waals surface area (Å²) in [4.78, 5) is 22.5. The number of primary amides is 1. The molecular weight excluding hydrogens is 418 g/mol. The zero-order chi connectivity index (χ0) is 24.6. The summed E-state index contributed by atoms with van der Waals surface area (Å²) >= 11 is 0. The van der Waals surface area contributed by atoms with Gasteiger partial charge < -0.3 is 16.4 Å². The molecule has 0 spiro atoms. The highest BCUT2D eigenvalue weighted by Gasteiger charge is 2.36. The fourth-order valence-corrected chi connectivity index (χ4v) is 2.70. The zero-order valence-corrected chi connectivity index (χ0v) is 19.7. The van der Waals surface area contributed by atoms with E-state index in [1.807, 2.05) is 13.8 Å². The van der Waals surface area contributed by atoms with Crippen LogP contribution in [0.2, 0.25) is 0 Å².